The lowest BCUT2D eigenvalue weighted by molar-refractivity contribution is 0.0602. The van der Waals surface area contributed by atoms with E-state index in [4.69, 9.17) is 9.47 Å². The molecule has 1 N–H and O–H groups in total. The molecule has 114 valence electrons. The fraction of sp³-hybridized carbons (Fsp3) is 1.00. The normalized spacial score (nSPS) is 23.6. The molecule has 0 spiro atoms. The minimum absolute atomic E-state index is 0.287. The van der Waals surface area contributed by atoms with Gasteiger partial charge in [-0.05, 0) is 37.8 Å². The van der Waals surface area contributed by atoms with Gasteiger partial charge in [-0.3, -0.25) is 0 Å². The second kappa shape index (κ2) is 8.89. The molecule has 1 heterocycles. The van der Waals surface area contributed by atoms with Gasteiger partial charge in [0, 0.05) is 13.7 Å². The molecular weight excluding hydrogens is 266 g/mol. The van der Waals surface area contributed by atoms with Crippen LogP contribution in [0.3, 0.4) is 0 Å². The van der Waals surface area contributed by atoms with Crippen LogP contribution in [0.2, 0.25) is 0 Å². The van der Waals surface area contributed by atoms with Gasteiger partial charge in [-0.25, -0.2) is 8.42 Å². The molecule has 6 heteroatoms. The third kappa shape index (κ3) is 6.70. The summed E-state index contributed by atoms with van der Waals surface area (Å²) >= 11 is 0. The third-order valence-electron chi connectivity index (χ3n) is 3.66. The summed E-state index contributed by atoms with van der Waals surface area (Å²) in [6, 6.07) is 0. The highest BCUT2D eigenvalue weighted by molar-refractivity contribution is 7.91. The molecule has 1 saturated heterocycles. The van der Waals surface area contributed by atoms with Crippen molar-refractivity contribution in [2.75, 3.05) is 51.5 Å². The van der Waals surface area contributed by atoms with E-state index in [1.54, 1.807) is 7.11 Å². The van der Waals surface area contributed by atoms with E-state index in [9.17, 15) is 8.42 Å². The van der Waals surface area contributed by atoms with E-state index in [1.807, 2.05) is 0 Å². The van der Waals surface area contributed by atoms with Crippen molar-refractivity contribution in [3.8, 4) is 0 Å². The molecule has 0 radical (unpaired) electrons. The highest BCUT2D eigenvalue weighted by atomic mass is 32.2. The molecule has 2 atom stereocenters. The van der Waals surface area contributed by atoms with E-state index in [2.05, 4.69) is 12.2 Å². The monoisotopic (exact) mass is 293 g/mol. The quantitative estimate of drug-likeness (QED) is 0.601. The van der Waals surface area contributed by atoms with Gasteiger partial charge in [-0.2, -0.15) is 0 Å². The fourth-order valence-corrected chi connectivity index (χ4v) is 4.43. The van der Waals surface area contributed by atoms with Crippen molar-refractivity contribution in [1.82, 2.24) is 5.32 Å². The number of hydrogen-bond acceptors (Lipinski definition) is 5. The van der Waals surface area contributed by atoms with Gasteiger partial charge in [-0.15, -0.1) is 0 Å². The Morgan fingerprint density at radius 2 is 2.11 bits per heavy atom. The van der Waals surface area contributed by atoms with E-state index < -0.39 is 9.84 Å². The van der Waals surface area contributed by atoms with Crippen molar-refractivity contribution in [2.45, 2.75) is 19.8 Å². The number of rotatable bonds is 10. The lowest BCUT2D eigenvalue weighted by Gasteiger charge is -2.22. The number of methoxy groups -OCH3 is 1. The minimum Gasteiger partial charge on any atom is -0.382 e. The van der Waals surface area contributed by atoms with Crippen molar-refractivity contribution in [2.24, 2.45) is 11.8 Å². The number of ether oxygens (including phenoxy) is 2. The van der Waals surface area contributed by atoms with Gasteiger partial charge in [0.25, 0.3) is 0 Å². The lowest BCUT2D eigenvalue weighted by atomic mass is 9.89. The molecule has 0 aromatic heterocycles. The molecule has 1 aliphatic rings. The second-order valence-corrected chi connectivity index (χ2v) is 7.35. The number of nitrogens with one attached hydrogen (secondary N) is 1. The first-order valence-electron chi connectivity index (χ1n) is 7.07. The van der Waals surface area contributed by atoms with Crippen LogP contribution in [0.15, 0.2) is 0 Å². The molecule has 0 aromatic rings. The van der Waals surface area contributed by atoms with Gasteiger partial charge < -0.3 is 14.8 Å². The molecule has 19 heavy (non-hydrogen) atoms. The maximum Gasteiger partial charge on any atom is 0.150 e. The first-order valence-corrected chi connectivity index (χ1v) is 8.89. The molecular formula is C13H27NO4S. The van der Waals surface area contributed by atoms with Crippen molar-refractivity contribution >= 4 is 9.84 Å². The summed E-state index contributed by atoms with van der Waals surface area (Å²) in [4.78, 5) is 0. The zero-order valence-electron chi connectivity index (χ0n) is 12.1. The van der Waals surface area contributed by atoms with E-state index in [0.29, 0.717) is 37.2 Å². The van der Waals surface area contributed by atoms with Gasteiger partial charge in [0.05, 0.1) is 24.7 Å². The zero-order valence-corrected chi connectivity index (χ0v) is 12.9. The Balaban J connectivity index is 2.34. The molecule has 1 rings (SSSR count). The van der Waals surface area contributed by atoms with Crippen LogP contribution in [-0.4, -0.2) is 59.9 Å². The summed E-state index contributed by atoms with van der Waals surface area (Å²) in [5.74, 6) is 1.38. The van der Waals surface area contributed by atoms with E-state index in [0.717, 1.165) is 25.9 Å². The van der Waals surface area contributed by atoms with Crippen LogP contribution < -0.4 is 5.32 Å². The molecule has 5 nitrogen and oxygen atoms in total. The Morgan fingerprint density at radius 1 is 1.32 bits per heavy atom. The van der Waals surface area contributed by atoms with Crippen molar-refractivity contribution in [1.29, 1.82) is 0 Å². The van der Waals surface area contributed by atoms with Crippen molar-refractivity contribution in [3.05, 3.63) is 0 Å². The predicted octanol–water partition coefficient (Wildman–Crippen LogP) is 0.700. The smallest absolute Gasteiger partial charge is 0.150 e. The van der Waals surface area contributed by atoms with Crippen LogP contribution in [-0.2, 0) is 19.3 Å². The van der Waals surface area contributed by atoms with E-state index in [1.165, 1.54) is 0 Å². The van der Waals surface area contributed by atoms with Gasteiger partial charge in [-0.1, -0.05) is 6.92 Å². The molecule has 2 unspecified atom stereocenters. The first kappa shape index (κ1) is 16.9. The van der Waals surface area contributed by atoms with Gasteiger partial charge >= 0.3 is 0 Å². The third-order valence-corrected chi connectivity index (χ3v) is 5.45. The average molecular weight is 293 g/mol. The maximum atomic E-state index is 11.6. The minimum atomic E-state index is -2.79. The molecule has 0 amide bonds. The van der Waals surface area contributed by atoms with Crippen LogP contribution in [0.5, 0.6) is 0 Å². The van der Waals surface area contributed by atoms with Crippen LogP contribution in [0.4, 0.5) is 0 Å². The van der Waals surface area contributed by atoms with E-state index in [-0.39, 0.29) is 5.92 Å². The summed E-state index contributed by atoms with van der Waals surface area (Å²) in [6.45, 7) is 5.75. The highest BCUT2D eigenvalue weighted by Crippen LogP contribution is 2.27. The zero-order chi connectivity index (χ0) is 14.1. The molecule has 0 saturated carbocycles. The maximum absolute atomic E-state index is 11.6. The Kier molecular flexibility index (Phi) is 7.90. The molecule has 0 aliphatic carbocycles. The number of hydrogen-bond donors (Lipinski definition) is 1. The number of sulfone groups is 1. The molecule has 0 bridgehead atoms. The molecule has 0 aromatic carbocycles. The average Bonchev–Trinajstić information content (AvgIpc) is 2.73. The van der Waals surface area contributed by atoms with E-state index >= 15 is 0 Å². The summed E-state index contributed by atoms with van der Waals surface area (Å²) in [7, 11) is -1.14. The Labute approximate surface area is 117 Å². The Hall–Kier alpha value is -0.170. The van der Waals surface area contributed by atoms with Gasteiger partial charge in [0.2, 0.25) is 0 Å². The largest absolute Gasteiger partial charge is 0.382 e. The Morgan fingerprint density at radius 3 is 2.68 bits per heavy atom. The fourth-order valence-electron chi connectivity index (χ4n) is 2.51. The van der Waals surface area contributed by atoms with Gasteiger partial charge in [0.1, 0.15) is 0 Å². The van der Waals surface area contributed by atoms with Gasteiger partial charge in [0.15, 0.2) is 9.84 Å². The topological polar surface area (TPSA) is 64.6 Å². The summed E-state index contributed by atoms with van der Waals surface area (Å²) in [5.41, 5.74) is 0. The van der Waals surface area contributed by atoms with Crippen LogP contribution >= 0.6 is 0 Å². The highest BCUT2D eigenvalue weighted by Gasteiger charge is 2.33. The van der Waals surface area contributed by atoms with Crippen molar-refractivity contribution in [3.63, 3.8) is 0 Å². The van der Waals surface area contributed by atoms with Crippen molar-refractivity contribution < 1.29 is 17.9 Å². The molecule has 1 aliphatic heterocycles. The standard InChI is InChI=1S/C13H27NO4S/c1-3-14-10-12(4-6-18-8-7-17-2)13-5-9-19(15,16)11-13/h12-14H,3-11H2,1-2H3. The van der Waals surface area contributed by atoms with Crippen LogP contribution in [0, 0.1) is 11.8 Å². The summed E-state index contributed by atoms with van der Waals surface area (Å²) in [6.07, 6.45) is 1.72. The van der Waals surface area contributed by atoms with Crippen LogP contribution in [0.25, 0.3) is 0 Å². The predicted molar refractivity (Wildman–Crippen MR) is 76.1 cm³/mol. The SMILES string of the molecule is CCNCC(CCOCCOC)C1CCS(=O)(=O)C1. The Bertz CT molecular complexity index is 332. The summed E-state index contributed by atoms with van der Waals surface area (Å²) < 4.78 is 33.6. The lowest BCUT2D eigenvalue weighted by Crippen LogP contribution is -2.30. The first-order chi connectivity index (χ1) is 9.09. The van der Waals surface area contributed by atoms with Crippen LogP contribution in [0.1, 0.15) is 19.8 Å². The second-order valence-electron chi connectivity index (χ2n) is 5.12. The summed E-state index contributed by atoms with van der Waals surface area (Å²) in [5, 5.41) is 3.33. The molecule has 1 fully saturated rings.